The molecule has 1 aliphatic rings. The van der Waals surface area contributed by atoms with Crippen molar-refractivity contribution in [3.63, 3.8) is 0 Å². The van der Waals surface area contributed by atoms with Crippen LogP contribution in [0.3, 0.4) is 0 Å². The highest BCUT2D eigenvalue weighted by Crippen LogP contribution is 2.23. The summed E-state index contributed by atoms with van der Waals surface area (Å²) in [5, 5.41) is 6.78. The van der Waals surface area contributed by atoms with Crippen LogP contribution in [-0.2, 0) is 0 Å². The van der Waals surface area contributed by atoms with Crippen molar-refractivity contribution in [2.45, 2.75) is 0 Å². The van der Waals surface area contributed by atoms with Crippen LogP contribution in [0.1, 0.15) is 0 Å². The van der Waals surface area contributed by atoms with Gasteiger partial charge in [0.05, 0.1) is 0 Å². The normalized spacial score (nSPS) is 15.0. The first-order valence-electron chi connectivity index (χ1n) is 6.78. The number of thiazole rings is 1. The van der Waals surface area contributed by atoms with E-state index in [9.17, 15) is 4.79 Å². The molecule has 1 N–H and O–H groups in total. The fourth-order valence-corrected chi connectivity index (χ4v) is 3.52. The number of benzene rings is 1. The predicted octanol–water partition coefficient (Wildman–Crippen LogP) is 3.80. The van der Waals surface area contributed by atoms with Gasteiger partial charge in [-0.25, -0.2) is 9.78 Å². The highest BCUT2D eigenvalue weighted by Gasteiger charge is 2.22. The van der Waals surface area contributed by atoms with Crippen LogP contribution in [0.15, 0.2) is 29.8 Å². The van der Waals surface area contributed by atoms with Gasteiger partial charge >= 0.3 is 6.03 Å². The van der Waals surface area contributed by atoms with Gasteiger partial charge in [0, 0.05) is 53.5 Å². The van der Waals surface area contributed by atoms with E-state index in [2.05, 4.69) is 15.2 Å². The first kappa shape index (κ1) is 15.4. The zero-order valence-corrected chi connectivity index (χ0v) is 14.0. The van der Waals surface area contributed by atoms with Crippen molar-refractivity contribution in [2.24, 2.45) is 0 Å². The van der Waals surface area contributed by atoms with Crippen LogP contribution in [0.2, 0.25) is 10.0 Å². The molecule has 0 radical (unpaired) electrons. The predicted molar refractivity (Wildman–Crippen MR) is 91.4 cm³/mol. The van der Waals surface area contributed by atoms with Crippen molar-refractivity contribution in [1.82, 2.24) is 9.88 Å². The molecule has 1 aromatic heterocycles. The SMILES string of the molecule is O=C(Nc1cc(Cl)cc(Cl)c1)N1CCN(c2nccs2)CC1. The lowest BCUT2D eigenvalue weighted by Crippen LogP contribution is -2.50. The van der Waals surface area contributed by atoms with Crippen LogP contribution < -0.4 is 10.2 Å². The van der Waals surface area contributed by atoms with Crippen molar-refractivity contribution in [3.8, 4) is 0 Å². The summed E-state index contributed by atoms with van der Waals surface area (Å²) in [6, 6.07) is 4.84. The molecule has 0 spiro atoms. The summed E-state index contributed by atoms with van der Waals surface area (Å²) in [6.45, 7) is 2.86. The molecule has 2 aromatic rings. The third kappa shape index (κ3) is 3.63. The summed E-state index contributed by atoms with van der Waals surface area (Å²) < 4.78 is 0. The molecule has 116 valence electrons. The molecule has 8 heteroatoms. The van der Waals surface area contributed by atoms with E-state index in [1.54, 1.807) is 40.6 Å². The summed E-state index contributed by atoms with van der Waals surface area (Å²) in [7, 11) is 0. The maximum absolute atomic E-state index is 12.3. The fourth-order valence-electron chi connectivity index (χ4n) is 2.30. The summed E-state index contributed by atoms with van der Waals surface area (Å²) in [5.41, 5.74) is 0.602. The zero-order valence-electron chi connectivity index (χ0n) is 11.6. The number of halogens is 2. The van der Waals surface area contributed by atoms with Crippen LogP contribution in [0, 0.1) is 0 Å². The van der Waals surface area contributed by atoms with E-state index < -0.39 is 0 Å². The van der Waals surface area contributed by atoms with Crippen molar-refractivity contribution in [3.05, 3.63) is 39.8 Å². The first-order chi connectivity index (χ1) is 10.6. The van der Waals surface area contributed by atoms with Gasteiger partial charge in [-0.15, -0.1) is 11.3 Å². The molecule has 0 saturated carbocycles. The number of carbonyl (C=O) groups excluding carboxylic acids is 1. The summed E-state index contributed by atoms with van der Waals surface area (Å²) in [5.74, 6) is 0. The Hall–Kier alpha value is -1.50. The molecule has 3 rings (SSSR count). The minimum absolute atomic E-state index is 0.142. The smallest absolute Gasteiger partial charge is 0.321 e. The largest absolute Gasteiger partial charge is 0.345 e. The Balaban J connectivity index is 1.58. The Labute approximate surface area is 142 Å². The second-order valence-electron chi connectivity index (χ2n) is 4.88. The number of carbonyl (C=O) groups is 1. The lowest BCUT2D eigenvalue weighted by molar-refractivity contribution is 0.208. The van der Waals surface area contributed by atoms with Crippen LogP contribution >= 0.6 is 34.5 Å². The molecule has 1 saturated heterocycles. The van der Waals surface area contributed by atoms with Gasteiger partial charge in [0.15, 0.2) is 5.13 Å². The number of piperazine rings is 1. The summed E-state index contributed by atoms with van der Waals surface area (Å²) >= 11 is 13.5. The topological polar surface area (TPSA) is 48.5 Å². The van der Waals surface area contributed by atoms with Gasteiger partial charge in [-0.3, -0.25) is 0 Å². The standard InChI is InChI=1S/C14H14Cl2N4OS/c15-10-7-11(16)9-12(8-10)18-13(21)19-2-4-20(5-3-19)14-17-1-6-22-14/h1,6-9H,2-5H2,(H,18,21). The molecule has 1 aromatic carbocycles. The molecule has 0 atom stereocenters. The van der Waals surface area contributed by atoms with Gasteiger partial charge in [-0.05, 0) is 18.2 Å². The van der Waals surface area contributed by atoms with Crippen LogP contribution in [-0.4, -0.2) is 42.1 Å². The maximum atomic E-state index is 12.3. The molecule has 0 bridgehead atoms. The number of nitrogens with one attached hydrogen (secondary N) is 1. The van der Waals surface area contributed by atoms with E-state index in [1.165, 1.54) is 0 Å². The number of urea groups is 1. The van der Waals surface area contributed by atoms with Crippen LogP contribution in [0.5, 0.6) is 0 Å². The van der Waals surface area contributed by atoms with E-state index in [4.69, 9.17) is 23.2 Å². The Morgan fingerprint density at radius 1 is 1.14 bits per heavy atom. The maximum Gasteiger partial charge on any atom is 0.321 e. The van der Waals surface area contributed by atoms with Crippen molar-refractivity contribution in [2.75, 3.05) is 36.4 Å². The third-order valence-electron chi connectivity index (χ3n) is 3.37. The van der Waals surface area contributed by atoms with Crippen LogP contribution in [0.4, 0.5) is 15.6 Å². The Morgan fingerprint density at radius 2 is 1.82 bits per heavy atom. The van der Waals surface area contributed by atoms with Crippen molar-refractivity contribution >= 4 is 51.4 Å². The average molecular weight is 357 g/mol. The Morgan fingerprint density at radius 3 is 2.41 bits per heavy atom. The van der Waals surface area contributed by atoms with E-state index in [1.807, 2.05) is 5.38 Å². The summed E-state index contributed by atoms with van der Waals surface area (Å²) in [4.78, 5) is 20.5. The second kappa shape index (κ2) is 6.73. The van der Waals surface area contributed by atoms with Gasteiger partial charge in [0.25, 0.3) is 0 Å². The van der Waals surface area contributed by atoms with E-state index in [0.717, 1.165) is 18.2 Å². The minimum atomic E-state index is -0.142. The molecule has 1 fully saturated rings. The monoisotopic (exact) mass is 356 g/mol. The van der Waals surface area contributed by atoms with Crippen molar-refractivity contribution < 1.29 is 4.79 Å². The first-order valence-corrected chi connectivity index (χ1v) is 8.42. The molecular weight excluding hydrogens is 343 g/mol. The highest BCUT2D eigenvalue weighted by molar-refractivity contribution is 7.13. The molecule has 5 nitrogen and oxygen atoms in total. The average Bonchev–Trinajstić information content (AvgIpc) is 3.00. The van der Waals surface area contributed by atoms with Gasteiger partial charge in [-0.2, -0.15) is 0 Å². The number of aromatic nitrogens is 1. The zero-order chi connectivity index (χ0) is 15.5. The third-order valence-corrected chi connectivity index (χ3v) is 4.64. The van der Waals surface area contributed by atoms with Crippen molar-refractivity contribution in [1.29, 1.82) is 0 Å². The van der Waals surface area contributed by atoms with Gasteiger partial charge in [0.1, 0.15) is 0 Å². The number of rotatable bonds is 2. The van der Waals surface area contributed by atoms with E-state index in [-0.39, 0.29) is 6.03 Å². The Bertz CT molecular complexity index is 637. The number of hydrogen-bond acceptors (Lipinski definition) is 4. The molecule has 22 heavy (non-hydrogen) atoms. The number of amides is 2. The van der Waals surface area contributed by atoms with E-state index in [0.29, 0.717) is 28.8 Å². The fraction of sp³-hybridized carbons (Fsp3) is 0.286. The lowest BCUT2D eigenvalue weighted by atomic mass is 10.3. The quantitative estimate of drug-likeness (QED) is 0.889. The lowest BCUT2D eigenvalue weighted by Gasteiger charge is -2.34. The van der Waals surface area contributed by atoms with Gasteiger partial charge < -0.3 is 15.1 Å². The number of nitrogens with zero attached hydrogens (tertiary/aromatic N) is 3. The molecule has 0 aliphatic carbocycles. The number of anilines is 2. The molecular formula is C14H14Cl2N4OS. The Kier molecular flexibility index (Phi) is 4.71. The number of hydrogen-bond donors (Lipinski definition) is 1. The summed E-state index contributed by atoms with van der Waals surface area (Å²) in [6.07, 6.45) is 1.79. The molecule has 2 amide bonds. The molecule has 2 heterocycles. The molecule has 1 aliphatic heterocycles. The van der Waals surface area contributed by atoms with E-state index >= 15 is 0 Å². The van der Waals surface area contributed by atoms with Gasteiger partial charge in [-0.1, -0.05) is 23.2 Å². The van der Waals surface area contributed by atoms with Gasteiger partial charge in [0.2, 0.25) is 0 Å². The highest BCUT2D eigenvalue weighted by atomic mass is 35.5. The second-order valence-corrected chi connectivity index (χ2v) is 6.62. The molecule has 0 unspecified atom stereocenters. The minimum Gasteiger partial charge on any atom is -0.345 e. The van der Waals surface area contributed by atoms with Crippen LogP contribution in [0.25, 0.3) is 0 Å².